The van der Waals surface area contributed by atoms with E-state index in [9.17, 15) is 9.59 Å². The minimum atomic E-state index is -2.60. The fourth-order valence-electron chi connectivity index (χ4n) is 4.86. The van der Waals surface area contributed by atoms with Crippen molar-refractivity contribution in [2.75, 3.05) is 35.7 Å². The van der Waals surface area contributed by atoms with Crippen LogP contribution in [0.25, 0.3) is 0 Å². The highest BCUT2D eigenvalue weighted by Gasteiger charge is 2.44. The molecule has 1 unspecified atom stereocenters. The van der Waals surface area contributed by atoms with E-state index in [-0.39, 0.29) is 17.5 Å². The molecule has 0 aliphatic heterocycles. The van der Waals surface area contributed by atoms with E-state index in [1.165, 1.54) is 0 Å². The predicted molar refractivity (Wildman–Crippen MR) is 208 cm³/mol. The summed E-state index contributed by atoms with van der Waals surface area (Å²) in [5, 5.41) is 9.88. The lowest BCUT2D eigenvalue weighted by atomic mass is 10.2. The monoisotopic (exact) mass is 740 g/mol. The van der Waals surface area contributed by atoms with Gasteiger partial charge in [0.1, 0.15) is 0 Å². The molecule has 0 radical (unpaired) electrons. The van der Waals surface area contributed by atoms with Crippen LogP contribution in [-0.2, 0) is 17.7 Å². The van der Waals surface area contributed by atoms with E-state index in [4.69, 9.17) is 17.7 Å². The van der Waals surface area contributed by atoms with Crippen LogP contribution < -0.4 is 16.0 Å². The molecule has 3 aromatic rings. The van der Waals surface area contributed by atoms with Crippen LogP contribution in [0.2, 0.25) is 51.4 Å². The van der Waals surface area contributed by atoms with Gasteiger partial charge in [0.05, 0.1) is 24.3 Å². The minimum absolute atomic E-state index is 0.0831. The number of unbranched alkanes of at least 4 members (excludes halogenated alkanes) is 2. The van der Waals surface area contributed by atoms with E-state index in [1.54, 1.807) is 48.5 Å². The minimum Gasteiger partial charge on any atom is -0.462 e. The Morgan fingerprint density at radius 2 is 1.02 bits per heavy atom. The zero-order valence-corrected chi connectivity index (χ0v) is 34.4. The highest BCUT2D eigenvalue weighted by molar-refractivity contribution is 6.88. The Morgan fingerprint density at radius 1 is 0.640 bits per heavy atom. The lowest BCUT2D eigenvalue weighted by molar-refractivity contribution is 0.0490. The van der Waals surface area contributed by atoms with Gasteiger partial charge in [0.25, 0.3) is 0 Å². The SMILES string of the molecule is CCCCOC(=O)c1ccc(Nc2nc(NCC(C)[Si](C)(O[Si](C)(C)C)O[Si](C)(C)C)nc(Nc3ccc(C(=O)OCCCC)cc3)n2)cc1. The van der Waals surface area contributed by atoms with Gasteiger partial charge in [-0.2, -0.15) is 15.0 Å². The molecule has 0 saturated carbocycles. The van der Waals surface area contributed by atoms with Gasteiger partial charge in [0, 0.05) is 23.5 Å². The van der Waals surface area contributed by atoms with Crippen LogP contribution in [0.15, 0.2) is 48.5 Å². The molecule has 0 fully saturated rings. The molecular weight excluding hydrogens is 685 g/mol. The maximum atomic E-state index is 12.4. The fourth-order valence-corrected chi connectivity index (χ4v) is 17.2. The first-order chi connectivity index (χ1) is 23.5. The first kappa shape index (κ1) is 40.8. The molecule has 1 aromatic heterocycles. The van der Waals surface area contributed by atoms with Gasteiger partial charge in [-0.05, 0) is 107 Å². The normalized spacial score (nSPS) is 12.6. The average molecular weight is 741 g/mol. The number of rotatable bonds is 20. The van der Waals surface area contributed by atoms with Crippen molar-refractivity contribution in [3.05, 3.63) is 59.7 Å². The van der Waals surface area contributed by atoms with Gasteiger partial charge in [-0.3, -0.25) is 0 Å². The van der Waals surface area contributed by atoms with Crippen molar-refractivity contribution >= 4 is 66.4 Å². The summed E-state index contributed by atoms with van der Waals surface area (Å²) in [5.41, 5.74) is 2.38. The number of nitrogens with zero attached hydrogens (tertiary/aromatic N) is 3. The molecule has 274 valence electrons. The van der Waals surface area contributed by atoms with E-state index in [0.29, 0.717) is 60.1 Å². The number of carbonyl (C=O) groups is 2. The number of nitrogens with one attached hydrogen (secondary N) is 3. The lowest BCUT2D eigenvalue weighted by Crippen LogP contribution is -2.56. The van der Waals surface area contributed by atoms with Crippen molar-refractivity contribution < 1.29 is 27.3 Å². The molecule has 12 nitrogen and oxygen atoms in total. The van der Waals surface area contributed by atoms with E-state index >= 15 is 0 Å². The molecule has 2 aromatic carbocycles. The Labute approximate surface area is 301 Å². The summed E-state index contributed by atoms with van der Waals surface area (Å²) < 4.78 is 24.2. The maximum absolute atomic E-state index is 12.4. The number of anilines is 5. The molecule has 3 rings (SSSR count). The predicted octanol–water partition coefficient (Wildman–Crippen LogP) is 8.85. The second-order valence-electron chi connectivity index (χ2n) is 14.4. The number of hydrogen-bond acceptors (Lipinski definition) is 12. The van der Waals surface area contributed by atoms with Gasteiger partial charge in [0.2, 0.25) is 17.8 Å². The highest BCUT2D eigenvalue weighted by Crippen LogP contribution is 2.31. The summed E-state index contributed by atoms with van der Waals surface area (Å²) in [6.45, 7) is 22.9. The van der Waals surface area contributed by atoms with Crippen LogP contribution in [0.1, 0.15) is 67.2 Å². The highest BCUT2D eigenvalue weighted by atomic mass is 28.5. The van der Waals surface area contributed by atoms with Crippen molar-refractivity contribution in [3.63, 3.8) is 0 Å². The van der Waals surface area contributed by atoms with Gasteiger partial charge in [-0.25, -0.2) is 9.59 Å². The Morgan fingerprint density at radius 3 is 1.38 bits per heavy atom. The molecule has 0 saturated heterocycles. The van der Waals surface area contributed by atoms with Crippen molar-refractivity contribution in [1.29, 1.82) is 0 Å². The number of aromatic nitrogens is 3. The summed E-state index contributed by atoms with van der Waals surface area (Å²) in [5.74, 6) is 0.238. The molecule has 0 amide bonds. The van der Waals surface area contributed by atoms with E-state index in [2.05, 4.69) is 83.7 Å². The number of hydrogen-bond donors (Lipinski definition) is 3. The first-order valence-corrected chi connectivity index (χ1v) is 26.7. The third-order valence-electron chi connectivity index (χ3n) is 7.33. The van der Waals surface area contributed by atoms with Crippen LogP contribution in [-0.4, -0.2) is 71.8 Å². The van der Waals surface area contributed by atoms with Crippen LogP contribution >= 0.6 is 0 Å². The van der Waals surface area contributed by atoms with Gasteiger partial charge in [-0.1, -0.05) is 33.6 Å². The molecule has 15 heteroatoms. The third kappa shape index (κ3) is 13.9. The second-order valence-corrected chi connectivity index (χ2v) is 27.5. The summed E-state index contributed by atoms with van der Waals surface area (Å²) >= 11 is 0. The number of esters is 2. The van der Waals surface area contributed by atoms with Gasteiger partial charge < -0.3 is 33.7 Å². The molecule has 0 aliphatic carbocycles. The second kappa shape index (κ2) is 18.6. The lowest BCUT2D eigenvalue weighted by Gasteiger charge is -2.42. The Bertz CT molecular complexity index is 1430. The molecule has 1 atom stereocenters. The number of benzene rings is 2. The van der Waals surface area contributed by atoms with Crippen LogP contribution in [0.3, 0.4) is 0 Å². The largest absolute Gasteiger partial charge is 0.462 e. The molecule has 0 spiro atoms. The maximum Gasteiger partial charge on any atom is 0.338 e. The molecule has 3 N–H and O–H groups in total. The molecule has 50 heavy (non-hydrogen) atoms. The van der Waals surface area contributed by atoms with Gasteiger partial charge >= 0.3 is 20.5 Å². The third-order valence-corrected chi connectivity index (χ3v) is 17.5. The van der Waals surface area contributed by atoms with Crippen LogP contribution in [0, 0.1) is 0 Å². The number of carbonyl (C=O) groups excluding carboxylic acids is 2. The van der Waals surface area contributed by atoms with E-state index in [0.717, 1.165) is 25.7 Å². The van der Waals surface area contributed by atoms with Crippen LogP contribution in [0.4, 0.5) is 29.2 Å². The summed E-state index contributed by atoms with van der Waals surface area (Å²) in [7, 11) is -6.39. The fraction of sp³-hybridized carbons (Fsp3) is 0.514. The Hall–Kier alpha value is -3.64. The van der Waals surface area contributed by atoms with E-state index in [1.807, 2.05) is 13.8 Å². The molecule has 1 heterocycles. The van der Waals surface area contributed by atoms with Crippen molar-refractivity contribution in [1.82, 2.24) is 15.0 Å². The van der Waals surface area contributed by atoms with E-state index < -0.39 is 25.2 Å². The summed E-state index contributed by atoms with van der Waals surface area (Å²) in [4.78, 5) is 38.7. The molecule has 0 aliphatic rings. The zero-order chi connectivity index (χ0) is 37.0. The topological polar surface area (TPSA) is 146 Å². The van der Waals surface area contributed by atoms with Crippen molar-refractivity contribution in [2.24, 2.45) is 0 Å². The molecule has 0 bridgehead atoms. The van der Waals surface area contributed by atoms with Crippen LogP contribution in [0.5, 0.6) is 0 Å². The summed E-state index contributed by atoms with van der Waals surface area (Å²) in [6.07, 6.45) is 3.55. The molecular formula is C35H56N6O6Si3. The van der Waals surface area contributed by atoms with Gasteiger partial charge in [0.15, 0.2) is 16.6 Å². The standard InChI is InChI=1S/C35H56N6O6Si3/c1-11-13-23-44-31(42)27-15-19-29(20-16-27)37-34-39-33(36-25-26(3)50(10,46-48(4,5)6)47-49(7,8)9)40-35(41-34)38-30-21-17-28(18-22-30)32(43)45-24-14-12-2/h15-22,26H,11-14,23-25H2,1-10H3,(H3,36,37,38,39,40,41). The Kier molecular flexibility index (Phi) is 15.1. The Balaban J connectivity index is 1.85. The van der Waals surface area contributed by atoms with Crippen molar-refractivity contribution in [2.45, 2.75) is 97.8 Å². The quantitative estimate of drug-likeness (QED) is 0.0578. The smallest absolute Gasteiger partial charge is 0.338 e. The summed E-state index contributed by atoms with van der Waals surface area (Å²) in [6, 6.07) is 13.9. The first-order valence-electron chi connectivity index (χ1n) is 17.5. The zero-order valence-electron chi connectivity index (χ0n) is 31.4. The van der Waals surface area contributed by atoms with Crippen molar-refractivity contribution in [3.8, 4) is 0 Å². The van der Waals surface area contributed by atoms with Gasteiger partial charge in [-0.15, -0.1) is 0 Å². The average Bonchev–Trinajstić information content (AvgIpc) is 3.02. The number of ether oxygens (including phenoxy) is 2.